The van der Waals surface area contributed by atoms with Gasteiger partial charge in [0.2, 0.25) is 0 Å². The number of H-pyrrole nitrogens is 1. The van der Waals surface area contributed by atoms with E-state index >= 15 is 0 Å². The Bertz CT molecular complexity index is 859. The van der Waals surface area contributed by atoms with E-state index in [1.807, 2.05) is 0 Å². The molecule has 0 aliphatic carbocycles. The zero-order chi connectivity index (χ0) is 17.4. The zero-order valence-corrected chi connectivity index (χ0v) is 14.4. The lowest BCUT2D eigenvalue weighted by molar-refractivity contribution is 0.103. The highest BCUT2D eigenvalue weighted by Crippen LogP contribution is 2.36. The zero-order valence-electron chi connectivity index (χ0n) is 12.8. The first-order chi connectivity index (χ1) is 10.7. The molecule has 0 unspecified atom stereocenters. The highest BCUT2D eigenvalue weighted by Gasteiger charge is 2.25. The molecule has 7 nitrogen and oxygen atoms in total. The van der Waals surface area contributed by atoms with Crippen molar-refractivity contribution >= 4 is 32.9 Å². The number of halogens is 1. The van der Waals surface area contributed by atoms with Gasteiger partial charge in [0.25, 0.3) is 0 Å². The average Bonchev–Trinajstić information content (AvgIpc) is 2.93. The quantitative estimate of drug-likeness (QED) is 0.781. The van der Waals surface area contributed by atoms with E-state index in [1.165, 1.54) is 23.2 Å². The van der Waals surface area contributed by atoms with Crippen LogP contribution in [0.25, 0.3) is 0 Å². The number of nitrogens with one attached hydrogen (secondary N) is 1. The van der Waals surface area contributed by atoms with Gasteiger partial charge in [-0.05, 0) is 12.1 Å². The van der Waals surface area contributed by atoms with Crippen LogP contribution in [0.5, 0.6) is 0 Å². The molecule has 0 bridgehead atoms. The minimum atomic E-state index is -3.51. The standard InChI is InChI=1S/C14H16ClN3O4S/c1-18(2)13-11(23(3,21)22)5-4-8(12(13)15)14(20)9-6-16-17-10(9)7-19/h4-6,19H,7H2,1-3H3,(H,16,17). The van der Waals surface area contributed by atoms with Crippen LogP contribution in [0.15, 0.2) is 23.2 Å². The van der Waals surface area contributed by atoms with Crippen molar-refractivity contribution in [3.8, 4) is 0 Å². The summed E-state index contributed by atoms with van der Waals surface area (Å²) in [5.74, 6) is -0.448. The minimum absolute atomic E-state index is 0.0352. The summed E-state index contributed by atoms with van der Waals surface area (Å²) in [4.78, 5) is 14.2. The number of aliphatic hydroxyl groups excluding tert-OH is 1. The highest BCUT2D eigenvalue weighted by molar-refractivity contribution is 7.90. The van der Waals surface area contributed by atoms with Crippen LogP contribution >= 0.6 is 11.6 Å². The molecule has 1 heterocycles. The summed E-state index contributed by atoms with van der Waals surface area (Å²) in [7, 11) is -0.226. The van der Waals surface area contributed by atoms with E-state index in [1.54, 1.807) is 14.1 Å². The largest absolute Gasteiger partial charge is 0.390 e. The summed E-state index contributed by atoms with van der Waals surface area (Å²) in [6.07, 6.45) is 2.37. The molecule has 0 saturated heterocycles. The maximum Gasteiger partial charge on any atom is 0.198 e. The van der Waals surface area contributed by atoms with Crippen LogP contribution in [-0.4, -0.2) is 49.9 Å². The number of hydrogen-bond acceptors (Lipinski definition) is 6. The first-order valence-corrected chi connectivity index (χ1v) is 8.83. The van der Waals surface area contributed by atoms with Gasteiger partial charge < -0.3 is 10.0 Å². The highest BCUT2D eigenvalue weighted by atomic mass is 35.5. The van der Waals surface area contributed by atoms with E-state index in [4.69, 9.17) is 11.6 Å². The third-order valence-electron chi connectivity index (χ3n) is 3.29. The summed E-state index contributed by atoms with van der Waals surface area (Å²) in [5, 5.41) is 15.5. The molecule has 0 radical (unpaired) electrons. The van der Waals surface area contributed by atoms with Gasteiger partial charge in [-0.2, -0.15) is 5.10 Å². The van der Waals surface area contributed by atoms with Gasteiger partial charge in [0, 0.05) is 25.9 Å². The molecule has 2 rings (SSSR count). The molecule has 9 heteroatoms. The van der Waals surface area contributed by atoms with E-state index in [9.17, 15) is 18.3 Å². The maximum atomic E-state index is 12.6. The number of anilines is 1. The number of aliphatic hydroxyl groups is 1. The number of aromatic amines is 1. The Labute approximate surface area is 138 Å². The van der Waals surface area contributed by atoms with Crippen LogP contribution in [0.3, 0.4) is 0 Å². The topological polar surface area (TPSA) is 103 Å². The Kier molecular flexibility index (Phi) is 4.79. The Hall–Kier alpha value is -1.90. The second kappa shape index (κ2) is 6.31. The number of sulfone groups is 1. The molecule has 0 aliphatic rings. The normalized spacial score (nSPS) is 11.5. The molecule has 0 fully saturated rings. The number of aromatic nitrogens is 2. The van der Waals surface area contributed by atoms with Gasteiger partial charge in [-0.15, -0.1) is 0 Å². The summed E-state index contributed by atoms with van der Waals surface area (Å²) >= 11 is 6.30. The van der Waals surface area contributed by atoms with Gasteiger partial charge in [0.05, 0.1) is 39.7 Å². The molecule has 0 spiro atoms. The van der Waals surface area contributed by atoms with Crippen LogP contribution in [-0.2, 0) is 16.4 Å². The van der Waals surface area contributed by atoms with Crippen molar-refractivity contribution in [3.63, 3.8) is 0 Å². The maximum absolute atomic E-state index is 12.6. The lowest BCUT2D eigenvalue weighted by Crippen LogP contribution is -2.16. The Morgan fingerprint density at radius 1 is 1.35 bits per heavy atom. The van der Waals surface area contributed by atoms with Gasteiger partial charge >= 0.3 is 0 Å². The van der Waals surface area contributed by atoms with Crippen molar-refractivity contribution in [2.75, 3.05) is 25.3 Å². The molecule has 2 N–H and O–H groups in total. The first-order valence-electron chi connectivity index (χ1n) is 6.56. The smallest absolute Gasteiger partial charge is 0.198 e. The summed E-state index contributed by atoms with van der Waals surface area (Å²) in [5.41, 5.74) is 0.837. The molecule has 0 aliphatic heterocycles. The van der Waals surface area contributed by atoms with Crippen molar-refractivity contribution in [1.82, 2.24) is 10.2 Å². The second-order valence-corrected chi connectivity index (χ2v) is 7.55. The van der Waals surface area contributed by atoms with Crippen LogP contribution in [0.1, 0.15) is 21.6 Å². The fraction of sp³-hybridized carbons (Fsp3) is 0.286. The van der Waals surface area contributed by atoms with Gasteiger partial charge in [0.1, 0.15) is 0 Å². The van der Waals surface area contributed by atoms with Crippen LogP contribution in [0.2, 0.25) is 5.02 Å². The van der Waals surface area contributed by atoms with Crippen LogP contribution in [0.4, 0.5) is 5.69 Å². The number of hydrogen-bond donors (Lipinski definition) is 2. The third kappa shape index (κ3) is 3.24. The fourth-order valence-electron chi connectivity index (χ4n) is 2.21. The predicted molar refractivity (Wildman–Crippen MR) is 86.8 cm³/mol. The summed E-state index contributed by atoms with van der Waals surface area (Å²) < 4.78 is 23.8. The molecule has 0 amide bonds. The minimum Gasteiger partial charge on any atom is -0.390 e. The van der Waals surface area contributed by atoms with Crippen molar-refractivity contribution in [2.24, 2.45) is 0 Å². The van der Waals surface area contributed by atoms with Gasteiger partial charge in [-0.1, -0.05) is 11.6 Å². The summed E-state index contributed by atoms with van der Waals surface area (Å²) in [6.45, 7) is -0.374. The Morgan fingerprint density at radius 3 is 2.52 bits per heavy atom. The van der Waals surface area contributed by atoms with Gasteiger partial charge in [-0.25, -0.2) is 8.42 Å². The monoisotopic (exact) mass is 357 g/mol. The predicted octanol–water partition coefficient (Wildman–Crippen LogP) is 1.26. The number of carbonyl (C=O) groups is 1. The van der Waals surface area contributed by atoms with Crippen molar-refractivity contribution in [3.05, 3.63) is 40.2 Å². The Balaban J connectivity index is 2.66. The van der Waals surface area contributed by atoms with E-state index in [2.05, 4.69) is 10.2 Å². The number of ketones is 1. The second-order valence-electron chi connectivity index (χ2n) is 5.19. The first kappa shape index (κ1) is 17.5. The van der Waals surface area contributed by atoms with E-state index in [0.717, 1.165) is 6.26 Å². The number of benzene rings is 1. The number of carbonyl (C=O) groups excluding carboxylic acids is 1. The Morgan fingerprint density at radius 2 is 2.00 bits per heavy atom. The summed E-state index contributed by atoms with van der Waals surface area (Å²) in [6, 6.07) is 2.71. The number of nitrogens with zero attached hydrogens (tertiary/aromatic N) is 2. The molecule has 0 atom stereocenters. The number of rotatable bonds is 5. The van der Waals surface area contributed by atoms with Crippen molar-refractivity contribution in [2.45, 2.75) is 11.5 Å². The van der Waals surface area contributed by atoms with E-state index in [-0.39, 0.29) is 39.0 Å². The molecule has 124 valence electrons. The lowest BCUT2D eigenvalue weighted by Gasteiger charge is -2.20. The van der Waals surface area contributed by atoms with E-state index < -0.39 is 15.6 Å². The average molecular weight is 358 g/mol. The molecule has 2 aromatic rings. The SMILES string of the molecule is CN(C)c1c(S(C)(=O)=O)ccc(C(=O)c2cn[nH]c2CO)c1Cl. The third-order valence-corrected chi connectivity index (χ3v) is 4.80. The van der Waals surface area contributed by atoms with Gasteiger partial charge in [0.15, 0.2) is 15.6 Å². The van der Waals surface area contributed by atoms with E-state index in [0.29, 0.717) is 0 Å². The fourth-order valence-corrected chi connectivity index (χ4v) is 3.64. The molecular weight excluding hydrogens is 342 g/mol. The molecular formula is C14H16ClN3O4S. The van der Waals surface area contributed by atoms with Crippen molar-refractivity contribution in [1.29, 1.82) is 0 Å². The molecule has 0 saturated carbocycles. The molecule has 1 aromatic heterocycles. The molecule has 1 aromatic carbocycles. The molecule has 23 heavy (non-hydrogen) atoms. The van der Waals surface area contributed by atoms with Crippen LogP contribution < -0.4 is 4.90 Å². The van der Waals surface area contributed by atoms with Crippen LogP contribution in [0, 0.1) is 0 Å². The van der Waals surface area contributed by atoms with Crippen molar-refractivity contribution < 1.29 is 18.3 Å². The van der Waals surface area contributed by atoms with Gasteiger partial charge in [-0.3, -0.25) is 9.89 Å². The lowest BCUT2D eigenvalue weighted by atomic mass is 10.0.